The van der Waals surface area contributed by atoms with E-state index in [-0.39, 0.29) is 17.5 Å². The molecule has 2 aromatic carbocycles. The fourth-order valence-electron chi connectivity index (χ4n) is 4.15. The van der Waals surface area contributed by atoms with Gasteiger partial charge in [-0.2, -0.15) is 0 Å². The number of aromatic carboxylic acids is 1. The van der Waals surface area contributed by atoms with Crippen molar-refractivity contribution in [2.75, 3.05) is 6.61 Å². The van der Waals surface area contributed by atoms with Gasteiger partial charge in [-0.1, -0.05) is 43.3 Å². The molecule has 1 aliphatic carbocycles. The second-order valence-corrected chi connectivity index (χ2v) is 7.67. The number of benzene rings is 2. The Labute approximate surface area is 175 Å². The second kappa shape index (κ2) is 8.57. The van der Waals surface area contributed by atoms with E-state index in [4.69, 9.17) is 4.74 Å². The number of aromatic nitrogens is 1. The topological polar surface area (TPSA) is 68.5 Å². The number of hydrogen-bond donors (Lipinski definition) is 1. The molecule has 0 radical (unpaired) electrons. The molecule has 0 aliphatic heterocycles. The van der Waals surface area contributed by atoms with E-state index < -0.39 is 5.97 Å². The Morgan fingerprint density at radius 1 is 1.10 bits per heavy atom. The minimum atomic E-state index is -0.946. The molecule has 154 valence electrons. The van der Waals surface area contributed by atoms with Crippen LogP contribution in [0.2, 0.25) is 0 Å². The molecule has 0 bridgehead atoms. The Kier molecular flexibility index (Phi) is 5.70. The maximum Gasteiger partial charge on any atom is 0.335 e. The van der Waals surface area contributed by atoms with Crippen molar-refractivity contribution in [3.63, 3.8) is 0 Å². The summed E-state index contributed by atoms with van der Waals surface area (Å²) in [6.45, 7) is 2.45. The van der Waals surface area contributed by atoms with Gasteiger partial charge < -0.3 is 14.4 Å². The summed E-state index contributed by atoms with van der Waals surface area (Å²) in [5, 5.41) is 9.44. The molecule has 1 aromatic heterocycles. The van der Waals surface area contributed by atoms with Crippen molar-refractivity contribution < 1.29 is 19.4 Å². The van der Waals surface area contributed by atoms with Gasteiger partial charge in [0.05, 0.1) is 23.8 Å². The summed E-state index contributed by atoms with van der Waals surface area (Å²) in [5.74, 6) is -1.20. The zero-order chi connectivity index (χ0) is 21.1. The van der Waals surface area contributed by atoms with Crippen molar-refractivity contribution in [2.24, 2.45) is 5.92 Å². The SMILES string of the molecule is CCCOC(=O)C1CCc2c(cc(-c3ccccc3)n2-c2cccc(C(=O)O)c2)C1. The van der Waals surface area contributed by atoms with Gasteiger partial charge in [0.15, 0.2) is 0 Å². The number of fused-ring (bicyclic) bond motifs is 1. The van der Waals surface area contributed by atoms with Crippen LogP contribution < -0.4 is 0 Å². The number of carboxylic acids is 1. The van der Waals surface area contributed by atoms with Crippen LogP contribution in [0.3, 0.4) is 0 Å². The molecule has 5 heteroatoms. The number of carbonyl (C=O) groups is 2. The fourth-order valence-corrected chi connectivity index (χ4v) is 4.15. The third kappa shape index (κ3) is 3.88. The highest BCUT2D eigenvalue weighted by Crippen LogP contribution is 2.36. The molecule has 3 aromatic rings. The normalized spacial score (nSPS) is 15.4. The molecule has 4 rings (SSSR count). The summed E-state index contributed by atoms with van der Waals surface area (Å²) in [7, 11) is 0. The van der Waals surface area contributed by atoms with E-state index in [0.717, 1.165) is 47.5 Å². The smallest absolute Gasteiger partial charge is 0.335 e. The summed E-state index contributed by atoms with van der Waals surface area (Å²) < 4.78 is 7.53. The van der Waals surface area contributed by atoms with E-state index in [9.17, 15) is 14.7 Å². The first-order valence-electron chi connectivity index (χ1n) is 10.4. The van der Waals surface area contributed by atoms with Crippen molar-refractivity contribution in [1.82, 2.24) is 4.57 Å². The minimum Gasteiger partial charge on any atom is -0.478 e. The van der Waals surface area contributed by atoms with Crippen LogP contribution >= 0.6 is 0 Å². The van der Waals surface area contributed by atoms with Crippen LogP contribution in [0.1, 0.15) is 41.4 Å². The molecule has 5 nitrogen and oxygen atoms in total. The molecule has 0 fully saturated rings. The molecular formula is C25H25NO4. The summed E-state index contributed by atoms with van der Waals surface area (Å²) in [6, 6.07) is 19.2. The Morgan fingerprint density at radius 2 is 1.90 bits per heavy atom. The van der Waals surface area contributed by atoms with Gasteiger partial charge in [0.2, 0.25) is 0 Å². The quantitative estimate of drug-likeness (QED) is 0.595. The maximum atomic E-state index is 12.4. The van der Waals surface area contributed by atoms with Crippen LogP contribution in [0.5, 0.6) is 0 Å². The van der Waals surface area contributed by atoms with E-state index in [1.807, 2.05) is 43.3 Å². The summed E-state index contributed by atoms with van der Waals surface area (Å²) in [5.41, 5.74) is 5.39. The predicted molar refractivity (Wildman–Crippen MR) is 115 cm³/mol. The lowest BCUT2D eigenvalue weighted by molar-refractivity contribution is -0.148. The Bertz CT molecular complexity index is 1070. The Balaban J connectivity index is 1.78. The van der Waals surface area contributed by atoms with Crippen LogP contribution in [-0.4, -0.2) is 28.2 Å². The minimum absolute atomic E-state index is 0.121. The van der Waals surface area contributed by atoms with Gasteiger partial charge in [-0.15, -0.1) is 0 Å². The van der Waals surface area contributed by atoms with Crippen molar-refractivity contribution in [1.29, 1.82) is 0 Å². The van der Waals surface area contributed by atoms with E-state index >= 15 is 0 Å². The highest BCUT2D eigenvalue weighted by atomic mass is 16.5. The van der Waals surface area contributed by atoms with Crippen molar-refractivity contribution in [3.8, 4) is 16.9 Å². The van der Waals surface area contributed by atoms with Crippen molar-refractivity contribution in [3.05, 3.63) is 77.5 Å². The fraction of sp³-hybridized carbons (Fsp3) is 0.280. The van der Waals surface area contributed by atoms with Gasteiger partial charge in [-0.25, -0.2) is 4.79 Å². The van der Waals surface area contributed by atoms with Gasteiger partial charge in [0.1, 0.15) is 0 Å². The summed E-state index contributed by atoms with van der Waals surface area (Å²) in [4.78, 5) is 23.9. The monoisotopic (exact) mass is 403 g/mol. The number of hydrogen-bond acceptors (Lipinski definition) is 3. The number of carboxylic acid groups (broad SMARTS) is 1. The first-order valence-corrected chi connectivity index (χ1v) is 10.4. The van der Waals surface area contributed by atoms with Crippen LogP contribution in [0, 0.1) is 5.92 Å². The Hall–Kier alpha value is -3.34. The third-order valence-electron chi connectivity index (χ3n) is 5.59. The van der Waals surface area contributed by atoms with Gasteiger partial charge in [-0.05, 0) is 61.1 Å². The lowest BCUT2D eigenvalue weighted by Crippen LogP contribution is -2.25. The number of ether oxygens (including phenoxy) is 1. The molecule has 1 unspecified atom stereocenters. The molecule has 0 amide bonds. The zero-order valence-corrected chi connectivity index (χ0v) is 17.0. The lowest BCUT2D eigenvalue weighted by Gasteiger charge is -2.23. The van der Waals surface area contributed by atoms with E-state index in [2.05, 4.69) is 10.6 Å². The molecule has 1 aliphatic rings. The molecule has 0 saturated heterocycles. The van der Waals surface area contributed by atoms with Crippen molar-refractivity contribution >= 4 is 11.9 Å². The van der Waals surface area contributed by atoms with E-state index in [0.29, 0.717) is 13.0 Å². The standard InChI is InChI=1S/C25H25NO4/c1-2-13-30-25(29)19-11-12-22-20(14-19)16-23(17-7-4-3-5-8-17)26(22)21-10-6-9-18(15-21)24(27)28/h3-10,15-16,19H,2,11-14H2,1H3,(H,27,28). The molecule has 1 N–H and O–H groups in total. The predicted octanol–water partition coefficient (Wildman–Crippen LogP) is 4.90. The average molecular weight is 403 g/mol. The molecule has 1 atom stereocenters. The van der Waals surface area contributed by atoms with Crippen LogP contribution in [0.15, 0.2) is 60.7 Å². The van der Waals surface area contributed by atoms with Gasteiger partial charge in [0, 0.05) is 11.4 Å². The number of nitrogens with zero attached hydrogens (tertiary/aromatic N) is 1. The molecule has 1 heterocycles. The first kappa shape index (κ1) is 20.0. The van der Waals surface area contributed by atoms with Gasteiger partial charge in [-0.3, -0.25) is 4.79 Å². The second-order valence-electron chi connectivity index (χ2n) is 7.67. The average Bonchev–Trinajstić information content (AvgIpc) is 3.17. The van der Waals surface area contributed by atoms with E-state index in [1.165, 1.54) is 0 Å². The van der Waals surface area contributed by atoms with Crippen LogP contribution in [0.4, 0.5) is 0 Å². The highest BCUT2D eigenvalue weighted by molar-refractivity contribution is 5.88. The number of carbonyl (C=O) groups excluding carboxylic acids is 1. The lowest BCUT2D eigenvalue weighted by atomic mass is 9.87. The largest absolute Gasteiger partial charge is 0.478 e. The van der Waals surface area contributed by atoms with Gasteiger partial charge in [0.25, 0.3) is 0 Å². The summed E-state index contributed by atoms with van der Waals surface area (Å²) >= 11 is 0. The van der Waals surface area contributed by atoms with E-state index in [1.54, 1.807) is 18.2 Å². The first-order chi connectivity index (χ1) is 14.6. The number of esters is 1. The maximum absolute atomic E-state index is 12.4. The van der Waals surface area contributed by atoms with Crippen LogP contribution in [-0.2, 0) is 22.4 Å². The number of rotatable bonds is 6. The van der Waals surface area contributed by atoms with Gasteiger partial charge >= 0.3 is 11.9 Å². The molecule has 30 heavy (non-hydrogen) atoms. The molecule has 0 spiro atoms. The van der Waals surface area contributed by atoms with Crippen molar-refractivity contribution in [2.45, 2.75) is 32.6 Å². The third-order valence-corrected chi connectivity index (χ3v) is 5.59. The zero-order valence-electron chi connectivity index (χ0n) is 17.0. The molecular weight excluding hydrogens is 378 g/mol. The highest BCUT2D eigenvalue weighted by Gasteiger charge is 2.30. The molecule has 0 saturated carbocycles. The van der Waals surface area contributed by atoms with Crippen LogP contribution in [0.25, 0.3) is 16.9 Å². The summed E-state index contributed by atoms with van der Waals surface area (Å²) in [6.07, 6.45) is 2.93. The Morgan fingerprint density at radius 3 is 2.63 bits per heavy atom.